The Kier molecular flexibility index (Phi) is 4.93. The monoisotopic (exact) mass is 246 g/mol. The van der Waals surface area contributed by atoms with Gasteiger partial charge in [-0.2, -0.15) is 0 Å². The Labute approximate surface area is 107 Å². The van der Waals surface area contributed by atoms with Crippen molar-refractivity contribution in [2.75, 3.05) is 13.7 Å². The van der Waals surface area contributed by atoms with Gasteiger partial charge in [-0.15, -0.1) is 0 Å². The average molecular weight is 246 g/mol. The van der Waals surface area contributed by atoms with Crippen molar-refractivity contribution in [2.45, 2.75) is 19.6 Å². The van der Waals surface area contributed by atoms with Crippen LogP contribution in [0.25, 0.3) is 0 Å². The van der Waals surface area contributed by atoms with Gasteiger partial charge in [0.1, 0.15) is 12.4 Å². The fraction of sp³-hybridized carbons (Fsp3) is 0.357. The molecule has 2 aromatic heterocycles. The third-order valence-electron chi connectivity index (χ3n) is 2.67. The lowest BCUT2D eigenvalue weighted by atomic mass is 10.2. The van der Waals surface area contributed by atoms with E-state index in [4.69, 9.17) is 9.15 Å². The van der Waals surface area contributed by atoms with Gasteiger partial charge >= 0.3 is 0 Å². The molecular weight excluding hydrogens is 228 g/mol. The Balaban J connectivity index is 1.73. The highest BCUT2D eigenvalue weighted by molar-refractivity contribution is 5.15. The first-order valence-electron chi connectivity index (χ1n) is 6.07. The molecule has 0 aromatic carbocycles. The van der Waals surface area contributed by atoms with Gasteiger partial charge in [-0.25, -0.2) is 0 Å². The number of nitrogens with one attached hydrogen (secondary N) is 1. The third-order valence-corrected chi connectivity index (χ3v) is 2.67. The van der Waals surface area contributed by atoms with E-state index in [-0.39, 0.29) is 0 Å². The van der Waals surface area contributed by atoms with Crippen LogP contribution in [0.1, 0.15) is 17.0 Å². The van der Waals surface area contributed by atoms with Gasteiger partial charge in [-0.1, -0.05) is 6.07 Å². The summed E-state index contributed by atoms with van der Waals surface area (Å²) in [6.45, 7) is 1.96. The minimum atomic E-state index is 0.511. The first-order valence-corrected chi connectivity index (χ1v) is 6.07. The second kappa shape index (κ2) is 6.93. The Bertz CT molecular complexity index is 454. The largest absolute Gasteiger partial charge is 0.467 e. The van der Waals surface area contributed by atoms with Crippen molar-refractivity contribution in [3.63, 3.8) is 0 Å². The molecule has 0 amide bonds. The summed E-state index contributed by atoms with van der Waals surface area (Å²) < 4.78 is 11.0. The van der Waals surface area contributed by atoms with Gasteiger partial charge in [-0.05, 0) is 25.2 Å². The molecule has 0 fully saturated rings. The lowest BCUT2D eigenvalue weighted by molar-refractivity contribution is 0.107. The predicted molar refractivity (Wildman–Crippen MR) is 69.1 cm³/mol. The molecule has 2 aromatic rings. The van der Waals surface area contributed by atoms with Gasteiger partial charge in [0.05, 0.1) is 12.9 Å². The predicted octanol–water partition coefficient (Wildman–Crippen LogP) is 2.15. The second-order valence-electron chi connectivity index (χ2n) is 4.02. The molecule has 0 aliphatic rings. The zero-order valence-corrected chi connectivity index (χ0v) is 10.6. The van der Waals surface area contributed by atoms with Gasteiger partial charge in [0.15, 0.2) is 0 Å². The first-order chi connectivity index (χ1) is 8.90. The summed E-state index contributed by atoms with van der Waals surface area (Å²) in [6.07, 6.45) is 4.32. The molecule has 18 heavy (non-hydrogen) atoms. The van der Waals surface area contributed by atoms with E-state index in [0.717, 1.165) is 30.0 Å². The maximum Gasteiger partial charge on any atom is 0.133 e. The zero-order chi connectivity index (χ0) is 12.6. The molecule has 0 spiro atoms. The van der Waals surface area contributed by atoms with E-state index < -0.39 is 0 Å². The lowest BCUT2D eigenvalue weighted by Crippen LogP contribution is -2.07. The van der Waals surface area contributed by atoms with E-state index in [1.807, 2.05) is 31.3 Å². The Morgan fingerprint density at radius 2 is 2.28 bits per heavy atom. The standard InChI is InChI=1S/C14H18N2O2/c1-15-10-12-5-9-18-14(12)11-17-8-6-13-4-2-3-7-16-13/h2-5,7,9,15H,6,8,10-11H2,1H3. The molecular formula is C14H18N2O2. The highest BCUT2D eigenvalue weighted by Crippen LogP contribution is 2.11. The van der Waals surface area contributed by atoms with E-state index in [0.29, 0.717) is 13.2 Å². The van der Waals surface area contributed by atoms with Crippen LogP contribution in [0.5, 0.6) is 0 Å². The molecule has 0 aliphatic carbocycles. The fourth-order valence-electron chi connectivity index (χ4n) is 1.73. The molecule has 4 nitrogen and oxygen atoms in total. The second-order valence-corrected chi connectivity index (χ2v) is 4.02. The van der Waals surface area contributed by atoms with Crippen LogP contribution in [-0.2, 0) is 24.3 Å². The normalized spacial score (nSPS) is 10.7. The summed E-state index contributed by atoms with van der Waals surface area (Å²) in [5.41, 5.74) is 2.20. The van der Waals surface area contributed by atoms with Gasteiger partial charge < -0.3 is 14.5 Å². The molecule has 96 valence electrons. The number of ether oxygens (including phenoxy) is 1. The Hall–Kier alpha value is -1.65. The number of hydrogen-bond acceptors (Lipinski definition) is 4. The van der Waals surface area contributed by atoms with Gasteiger partial charge in [0.2, 0.25) is 0 Å². The molecule has 2 rings (SSSR count). The minimum Gasteiger partial charge on any atom is -0.467 e. The van der Waals surface area contributed by atoms with Crippen LogP contribution in [0.2, 0.25) is 0 Å². The number of nitrogens with zero attached hydrogens (tertiary/aromatic N) is 1. The van der Waals surface area contributed by atoms with Crippen molar-refractivity contribution in [3.05, 3.63) is 53.7 Å². The molecule has 0 unspecified atom stereocenters. The summed E-state index contributed by atoms with van der Waals surface area (Å²) in [4.78, 5) is 4.25. The van der Waals surface area contributed by atoms with Crippen molar-refractivity contribution < 1.29 is 9.15 Å². The lowest BCUT2D eigenvalue weighted by Gasteiger charge is -2.04. The van der Waals surface area contributed by atoms with E-state index >= 15 is 0 Å². The van der Waals surface area contributed by atoms with Gasteiger partial charge in [-0.3, -0.25) is 4.98 Å². The molecule has 1 N–H and O–H groups in total. The first kappa shape index (κ1) is 12.8. The molecule has 0 bridgehead atoms. The average Bonchev–Trinajstić information content (AvgIpc) is 2.84. The summed E-state index contributed by atoms with van der Waals surface area (Å²) >= 11 is 0. The molecule has 0 saturated heterocycles. The van der Waals surface area contributed by atoms with Crippen LogP contribution < -0.4 is 5.32 Å². The molecule has 2 heterocycles. The maximum atomic E-state index is 5.61. The summed E-state index contributed by atoms with van der Waals surface area (Å²) in [6, 6.07) is 7.87. The SMILES string of the molecule is CNCc1ccoc1COCCc1ccccn1. The van der Waals surface area contributed by atoms with Crippen LogP contribution in [0.3, 0.4) is 0 Å². The summed E-state index contributed by atoms with van der Waals surface area (Å²) in [5, 5.41) is 3.10. The van der Waals surface area contributed by atoms with Crippen LogP contribution in [-0.4, -0.2) is 18.6 Å². The minimum absolute atomic E-state index is 0.511. The van der Waals surface area contributed by atoms with Crippen molar-refractivity contribution in [3.8, 4) is 0 Å². The van der Waals surface area contributed by atoms with Gasteiger partial charge in [0.25, 0.3) is 0 Å². The molecule has 4 heteroatoms. The van der Waals surface area contributed by atoms with Crippen LogP contribution in [0, 0.1) is 0 Å². The Morgan fingerprint density at radius 3 is 3.06 bits per heavy atom. The Morgan fingerprint density at radius 1 is 1.33 bits per heavy atom. The van der Waals surface area contributed by atoms with E-state index in [2.05, 4.69) is 10.3 Å². The summed E-state index contributed by atoms with van der Waals surface area (Å²) in [7, 11) is 1.92. The maximum absolute atomic E-state index is 5.61. The smallest absolute Gasteiger partial charge is 0.133 e. The van der Waals surface area contributed by atoms with Crippen molar-refractivity contribution in [1.29, 1.82) is 0 Å². The topological polar surface area (TPSA) is 47.3 Å². The van der Waals surface area contributed by atoms with Gasteiger partial charge in [0, 0.05) is 30.4 Å². The fourth-order valence-corrected chi connectivity index (χ4v) is 1.73. The zero-order valence-electron chi connectivity index (χ0n) is 10.6. The van der Waals surface area contributed by atoms with E-state index in [1.165, 1.54) is 0 Å². The molecule has 0 aliphatic heterocycles. The third kappa shape index (κ3) is 3.68. The summed E-state index contributed by atoms with van der Waals surface area (Å²) in [5.74, 6) is 0.894. The number of pyridine rings is 1. The van der Waals surface area contributed by atoms with Crippen LogP contribution >= 0.6 is 0 Å². The molecule has 0 radical (unpaired) electrons. The van der Waals surface area contributed by atoms with Crippen molar-refractivity contribution >= 4 is 0 Å². The van der Waals surface area contributed by atoms with Crippen LogP contribution in [0.4, 0.5) is 0 Å². The number of rotatable bonds is 7. The number of aromatic nitrogens is 1. The number of furan rings is 1. The van der Waals surface area contributed by atoms with Crippen LogP contribution in [0.15, 0.2) is 41.1 Å². The quantitative estimate of drug-likeness (QED) is 0.760. The molecule has 0 atom stereocenters. The highest BCUT2D eigenvalue weighted by atomic mass is 16.5. The van der Waals surface area contributed by atoms with Crippen molar-refractivity contribution in [2.24, 2.45) is 0 Å². The van der Waals surface area contributed by atoms with Crippen molar-refractivity contribution in [1.82, 2.24) is 10.3 Å². The van der Waals surface area contributed by atoms with E-state index in [1.54, 1.807) is 12.5 Å². The van der Waals surface area contributed by atoms with E-state index in [9.17, 15) is 0 Å². The number of hydrogen-bond donors (Lipinski definition) is 1. The molecule has 0 saturated carbocycles. The highest BCUT2D eigenvalue weighted by Gasteiger charge is 2.05.